The van der Waals surface area contributed by atoms with E-state index in [1.165, 1.54) is 38.5 Å². The molecule has 1 aliphatic rings. The highest BCUT2D eigenvalue weighted by atomic mass is 16.7. The summed E-state index contributed by atoms with van der Waals surface area (Å²) in [5.74, 6) is 0. The molecule has 1 saturated carbocycles. The first-order valence-corrected chi connectivity index (χ1v) is 7.56. The molecular formula is C15H32N2O2. The lowest BCUT2D eigenvalue weighted by molar-refractivity contribution is -0.130. The van der Waals surface area contributed by atoms with Crippen LogP contribution in [0, 0.1) is 0 Å². The van der Waals surface area contributed by atoms with Crippen LogP contribution in [-0.4, -0.2) is 50.6 Å². The van der Waals surface area contributed by atoms with Crippen LogP contribution in [0.1, 0.15) is 51.9 Å². The third-order valence-electron chi connectivity index (χ3n) is 4.80. The Hall–Kier alpha value is -0.160. The average molecular weight is 272 g/mol. The molecule has 0 radical (unpaired) electrons. The third kappa shape index (κ3) is 4.71. The van der Waals surface area contributed by atoms with E-state index in [0.717, 1.165) is 6.42 Å². The Morgan fingerprint density at radius 1 is 1.16 bits per heavy atom. The zero-order chi connectivity index (χ0) is 14.3. The van der Waals surface area contributed by atoms with Crippen LogP contribution in [-0.2, 0) is 9.47 Å². The maximum atomic E-state index is 6.06. The van der Waals surface area contributed by atoms with E-state index >= 15 is 0 Å². The molecule has 1 fully saturated rings. The number of hydrogen-bond donors (Lipinski definition) is 1. The normalized spacial score (nSPS) is 21.6. The van der Waals surface area contributed by atoms with Crippen molar-refractivity contribution in [1.29, 1.82) is 0 Å². The van der Waals surface area contributed by atoms with Gasteiger partial charge in [-0.05, 0) is 26.8 Å². The second kappa shape index (κ2) is 8.20. The summed E-state index contributed by atoms with van der Waals surface area (Å²) in [6.45, 7) is 2.85. The van der Waals surface area contributed by atoms with E-state index in [2.05, 4.69) is 18.9 Å². The molecule has 114 valence electrons. The number of hydrogen-bond acceptors (Lipinski definition) is 4. The highest BCUT2D eigenvalue weighted by Crippen LogP contribution is 2.29. The van der Waals surface area contributed by atoms with Crippen LogP contribution in [0.3, 0.4) is 0 Å². The van der Waals surface area contributed by atoms with Gasteiger partial charge in [0, 0.05) is 38.8 Å². The van der Waals surface area contributed by atoms with E-state index < -0.39 is 0 Å². The molecule has 4 heteroatoms. The fourth-order valence-electron chi connectivity index (χ4n) is 3.08. The standard InChI is InChI=1S/C15H32N2O2/c1-15(12-16,11-14(18-3)19-4)17(2)13-9-7-5-6-8-10-13/h13-14H,5-12,16H2,1-4H3. The summed E-state index contributed by atoms with van der Waals surface area (Å²) in [6, 6.07) is 0.644. The van der Waals surface area contributed by atoms with Crippen molar-refractivity contribution in [3.63, 3.8) is 0 Å². The number of nitrogens with zero attached hydrogens (tertiary/aromatic N) is 1. The molecule has 0 saturated heterocycles. The van der Waals surface area contributed by atoms with Crippen molar-refractivity contribution in [2.75, 3.05) is 27.8 Å². The number of nitrogens with two attached hydrogens (primary N) is 1. The Bertz CT molecular complexity index is 238. The predicted octanol–water partition coefficient (Wildman–Crippen LogP) is 2.37. The van der Waals surface area contributed by atoms with Gasteiger partial charge < -0.3 is 15.2 Å². The van der Waals surface area contributed by atoms with Crippen molar-refractivity contribution < 1.29 is 9.47 Å². The fourth-order valence-corrected chi connectivity index (χ4v) is 3.08. The van der Waals surface area contributed by atoms with Crippen LogP contribution >= 0.6 is 0 Å². The van der Waals surface area contributed by atoms with Crippen molar-refractivity contribution in [2.45, 2.75) is 69.7 Å². The lowest BCUT2D eigenvalue weighted by Gasteiger charge is -2.44. The van der Waals surface area contributed by atoms with Crippen molar-refractivity contribution in [1.82, 2.24) is 4.90 Å². The van der Waals surface area contributed by atoms with Crippen LogP contribution in [0.25, 0.3) is 0 Å². The van der Waals surface area contributed by atoms with Crippen LogP contribution < -0.4 is 5.73 Å². The van der Waals surface area contributed by atoms with Crippen LogP contribution in [0.4, 0.5) is 0 Å². The second-order valence-corrected chi connectivity index (χ2v) is 6.06. The largest absolute Gasteiger partial charge is 0.356 e. The molecule has 0 aromatic heterocycles. The van der Waals surface area contributed by atoms with Crippen LogP contribution in [0.15, 0.2) is 0 Å². The van der Waals surface area contributed by atoms with E-state index in [0.29, 0.717) is 12.6 Å². The number of methoxy groups -OCH3 is 2. The van der Waals surface area contributed by atoms with E-state index in [1.54, 1.807) is 14.2 Å². The smallest absolute Gasteiger partial charge is 0.158 e. The first-order chi connectivity index (χ1) is 9.07. The molecule has 0 heterocycles. The lowest BCUT2D eigenvalue weighted by Crippen LogP contribution is -2.55. The zero-order valence-electron chi connectivity index (χ0n) is 13.2. The van der Waals surface area contributed by atoms with E-state index in [-0.39, 0.29) is 11.8 Å². The Balaban J connectivity index is 2.68. The summed E-state index contributed by atoms with van der Waals surface area (Å²) >= 11 is 0. The van der Waals surface area contributed by atoms with Gasteiger partial charge in [0.2, 0.25) is 0 Å². The Morgan fingerprint density at radius 3 is 2.11 bits per heavy atom. The van der Waals surface area contributed by atoms with Gasteiger partial charge in [-0.15, -0.1) is 0 Å². The van der Waals surface area contributed by atoms with Gasteiger partial charge in [-0.25, -0.2) is 0 Å². The quantitative estimate of drug-likeness (QED) is 0.571. The van der Waals surface area contributed by atoms with Gasteiger partial charge in [0.05, 0.1) is 0 Å². The molecule has 0 spiro atoms. The van der Waals surface area contributed by atoms with Gasteiger partial charge in [0.15, 0.2) is 6.29 Å². The summed E-state index contributed by atoms with van der Waals surface area (Å²) in [4.78, 5) is 2.48. The number of rotatable bonds is 7. The first kappa shape index (κ1) is 16.9. The molecule has 0 amide bonds. The Kier molecular flexibility index (Phi) is 7.29. The zero-order valence-corrected chi connectivity index (χ0v) is 13.2. The highest BCUT2D eigenvalue weighted by molar-refractivity contribution is 4.91. The van der Waals surface area contributed by atoms with Gasteiger partial charge in [-0.2, -0.15) is 0 Å². The lowest BCUT2D eigenvalue weighted by atomic mass is 9.91. The third-order valence-corrected chi connectivity index (χ3v) is 4.80. The van der Waals surface area contributed by atoms with Gasteiger partial charge in [-0.1, -0.05) is 25.7 Å². The molecule has 19 heavy (non-hydrogen) atoms. The molecule has 4 nitrogen and oxygen atoms in total. The van der Waals surface area contributed by atoms with Crippen molar-refractivity contribution >= 4 is 0 Å². The van der Waals surface area contributed by atoms with Crippen molar-refractivity contribution in [3.8, 4) is 0 Å². The van der Waals surface area contributed by atoms with E-state index in [4.69, 9.17) is 15.2 Å². The minimum atomic E-state index is -0.179. The molecule has 1 atom stereocenters. The van der Waals surface area contributed by atoms with Crippen molar-refractivity contribution in [2.24, 2.45) is 5.73 Å². The summed E-state index contributed by atoms with van der Waals surface area (Å²) in [5, 5.41) is 0. The minimum absolute atomic E-state index is 0.0638. The van der Waals surface area contributed by atoms with Crippen LogP contribution in [0.5, 0.6) is 0 Å². The monoisotopic (exact) mass is 272 g/mol. The summed E-state index contributed by atoms with van der Waals surface area (Å²) in [7, 11) is 5.60. The molecular weight excluding hydrogens is 240 g/mol. The average Bonchev–Trinajstić information content (AvgIpc) is 2.72. The molecule has 0 aliphatic heterocycles. The molecule has 0 aromatic rings. The second-order valence-electron chi connectivity index (χ2n) is 6.06. The molecule has 2 N–H and O–H groups in total. The number of ether oxygens (including phenoxy) is 2. The minimum Gasteiger partial charge on any atom is -0.356 e. The summed E-state index contributed by atoms with van der Waals surface area (Å²) in [6.07, 6.45) is 8.64. The fraction of sp³-hybridized carbons (Fsp3) is 1.00. The van der Waals surface area contributed by atoms with Gasteiger partial charge in [0.25, 0.3) is 0 Å². The Morgan fingerprint density at radius 2 is 1.68 bits per heavy atom. The molecule has 1 rings (SSSR count). The maximum Gasteiger partial charge on any atom is 0.158 e. The SMILES string of the molecule is COC(CC(C)(CN)N(C)C1CCCCCC1)OC. The molecule has 1 aliphatic carbocycles. The topological polar surface area (TPSA) is 47.7 Å². The maximum absolute atomic E-state index is 6.06. The van der Waals surface area contributed by atoms with Gasteiger partial charge >= 0.3 is 0 Å². The van der Waals surface area contributed by atoms with Crippen LogP contribution in [0.2, 0.25) is 0 Å². The van der Waals surface area contributed by atoms with Gasteiger partial charge in [0.1, 0.15) is 0 Å². The van der Waals surface area contributed by atoms with E-state index in [1.807, 2.05) is 0 Å². The summed E-state index contributed by atoms with van der Waals surface area (Å²) < 4.78 is 10.7. The predicted molar refractivity (Wildman–Crippen MR) is 79.1 cm³/mol. The van der Waals surface area contributed by atoms with E-state index in [9.17, 15) is 0 Å². The molecule has 0 aromatic carbocycles. The number of likely N-dealkylation sites (N-methyl/N-ethyl adjacent to an activating group) is 1. The van der Waals surface area contributed by atoms with Gasteiger partial charge in [-0.3, -0.25) is 4.90 Å². The summed E-state index contributed by atoms with van der Waals surface area (Å²) in [5.41, 5.74) is 5.99. The molecule has 1 unspecified atom stereocenters. The van der Waals surface area contributed by atoms with Crippen molar-refractivity contribution in [3.05, 3.63) is 0 Å². The Labute approximate surface area is 118 Å². The molecule has 0 bridgehead atoms. The highest BCUT2D eigenvalue weighted by Gasteiger charge is 2.35. The first-order valence-electron chi connectivity index (χ1n) is 7.56.